The van der Waals surface area contributed by atoms with Crippen LogP contribution in [0.5, 0.6) is 0 Å². The van der Waals surface area contributed by atoms with Gasteiger partial charge in [0.2, 0.25) is 0 Å². The lowest BCUT2D eigenvalue weighted by atomic mass is 9.96. The summed E-state index contributed by atoms with van der Waals surface area (Å²) in [6, 6.07) is -0.576. The van der Waals surface area contributed by atoms with E-state index in [0.717, 1.165) is 10.5 Å². The number of carbonyl (C=O) groups is 3. The summed E-state index contributed by atoms with van der Waals surface area (Å²) in [6.07, 6.45) is 1.57. The van der Waals surface area contributed by atoms with Crippen LogP contribution in [0.15, 0.2) is 16.3 Å². The van der Waals surface area contributed by atoms with Crippen molar-refractivity contribution in [1.29, 1.82) is 0 Å². The minimum atomic E-state index is -0.794. The van der Waals surface area contributed by atoms with Crippen LogP contribution in [0.2, 0.25) is 0 Å². The number of dihydropyridines is 1. The van der Waals surface area contributed by atoms with Crippen LogP contribution in [0.4, 0.5) is 4.79 Å². The van der Waals surface area contributed by atoms with Crippen molar-refractivity contribution in [3.63, 3.8) is 0 Å². The minimum absolute atomic E-state index is 0.317. The Morgan fingerprint density at radius 1 is 1.50 bits per heavy atom. The Morgan fingerprint density at radius 3 is 2.77 bits per heavy atom. The smallest absolute Gasteiger partial charge is 0.446 e. The number of rotatable bonds is 4. The molecule has 0 spiro atoms. The van der Waals surface area contributed by atoms with Crippen molar-refractivity contribution in [2.75, 3.05) is 27.2 Å². The first kappa shape index (κ1) is 15.9. The number of nitrogens with one attached hydrogen (secondary N) is 1. The summed E-state index contributed by atoms with van der Waals surface area (Å²) >= 11 is 0. The minimum Gasteiger partial charge on any atom is -0.496 e. The number of ether oxygens (including phenoxy) is 1. The molecule has 0 aromatic carbocycles. The highest BCUT2D eigenvalue weighted by Gasteiger charge is 2.50. The zero-order valence-corrected chi connectivity index (χ0v) is 13.0. The van der Waals surface area contributed by atoms with E-state index >= 15 is 0 Å². The largest absolute Gasteiger partial charge is 0.496 e. The van der Waals surface area contributed by atoms with Crippen LogP contribution in [0.25, 0.3) is 0 Å². The number of aliphatic imine (C=N–C) groups is 1. The Bertz CT molecular complexity index is 633. The van der Waals surface area contributed by atoms with Crippen LogP contribution in [-0.4, -0.2) is 66.6 Å². The molecular weight excluding hydrogens is 288 g/mol. The first-order chi connectivity index (χ1) is 10.4. The molecule has 22 heavy (non-hydrogen) atoms. The fourth-order valence-corrected chi connectivity index (χ4v) is 2.40. The van der Waals surface area contributed by atoms with Gasteiger partial charge in [-0.25, -0.2) is 4.79 Å². The summed E-state index contributed by atoms with van der Waals surface area (Å²) in [5.41, 5.74) is 0.728. The van der Waals surface area contributed by atoms with Crippen molar-refractivity contribution in [3.8, 4) is 0 Å². The number of imide groups is 1. The standard InChI is InChI=1S/C14H18N4O4/c1-5-22-11-8(2)6-16-12-10(11)13(20)18(7-9(19)15-3)14(21)17(12)4/h6,10H,5,7H2,1-4H3/p+1. The first-order valence-corrected chi connectivity index (χ1v) is 6.96. The molecule has 0 aromatic heterocycles. The molecule has 0 saturated carbocycles. The average Bonchev–Trinajstić information content (AvgIpc) is 2.51. The highest BCUT2D eigenvalue weighted by Crippen LogP contribution is 2.27. The quantitative estimate of drug-likeness (QED) is 0.725. The highest BCUT2D eigenvalue weighted by atomic mass is 16.5. The molecule has 4 amide bonds. The van der Waals surface area contributed by atoms with E-state index < -0.39 is 23.8 Å². The second-order valence-electron chi connectivity index (χ2n) is 4.97. The highest BCUT2D eigenvalue weighted by molar-refractivity contribution is 6.16. The fourth-order valence-electron chi connectivity index (χ4n) is 2.40. The summed E-state index contributed by atoms with van der Waals surface area (Å²) in [5.74, 6) is -0.925. The van der Waals surface area contributed by atoms with Crippen LogP contribution in [-0.2, 0) is 14.3 Å². The lowest BCUT2D eigenvalue weighted by Crippen LogP contribution is -2.57. The molecule has 0 radical (unpaired) electrons. The number of hydrogen-bond donors (Lipinski definition) is 1. The molecular formula is C14H19N4O4+. The summed E-state index contributed by atoms with van der Waals surface area (Å²) in [4.78, 5) is 41.6. The summed E-state index contributed by atoms with van der Waals surface area (Å²) in [5, 5.41) is 2.40. The third kappa shape index (κ3) is 2.51. The Morgan fingerprint density at radius 2 is 2.18 bits per heavy atom. The Balaban J connectivity index is 2.48. The van der Waals surface area contributed by atoms with Gasteiger partial charge < -0.3 is 10.1 Å². The van der Waals surface area contributed by atoms with Crippen molar-refractivity contribution in [3.05, 3.63) is 11.3 Å². The van der Waals surface area contributed by atoms with Crippen molar-refractivity contribution in [2.45, 2.75) is 13.8 Å². The average molecular weight is 307 g/mol. The van der Waals surface area contributed by atoms with Gasteiger partial charge in [0.15, 0.2) is 12.5 Å². The molecule has 1 unspecified atom stereocenters. The lowest BCUT2D eigenvalue weighted by Gasteiger charge is -2.28. The fraction of sp³-hybridized carbons (Fsp3) is 0.500. The Kier molecular flexibility index (Phi) is 4.39. The molecule has 0 fully saturated rings. The number of urea groups is 1. The third-order valence-electron chi connectivity index (χ3n) is 3.55. The zero-order valence-electron chi connectivity index (χ0n) is 13.0. The Hall–Kier alpha value is -2.51. The number of allylic oxidation sites excluding steroid dienone is 1. The van der Waals surface area contributed by atoms with E-state index in [2.05, 4.69) is 10.3 Å². The molecule has 1 N–H and O–H groups in total. The van der Waals surface area contributed by atoms with Crippen LogP contribution in [0, 0.1) is 5.92 Å². The van der Waals surface area contributed by atoms with Gasteiger partial charge in [-0.05, 0) is 13.8 Å². The van der Waals surface area contributed by atoms with Gasteiger partial charge in [0.1, 0.15) is 12.0 Å². The first-order valence-electron chi connectivity index (χ1n) is 6.96. The zero-order chi connectivity index (χ0) is 16.4. The molecule has 8 heteroatoms. The number of likely N-dealkylation sites (N-methyl/N-ethyl adjacent to an activating group) is 1. The maximum absolute atomic E-state index is 12.7. The lowest BCUT2D eigenvalue weighted by molar-refractivity contribution is -0.408. The molecule has 0 aliphatic carbocycles. The van der Waals surface area contributed by atoms with E-state index in [0.29, 0.717) is 18.2 Å². The second kappa shape index (κ2) is 6.08. The van der Waals surface area contributed by atoms with Gasteiger partial charge in [-0.3, -0.25) is 9.59 Å². The van der Waals surface area contributed by atoms with E-state index in [1.54, 1.807) is 13.1 Å². The van der Waals surface area contributed by atoms with Crippen LogP contribution in [0.3, 0.4) is 0 Å². The van der Waals surface area contributed by atoms with E-state index in [-0.39, 0.29) is 6.54 Å². The number of hydrogen-bond acceptors (Lipinski definition) is 5. The number of fused-ring (bicyclic) bond motifs is 1. The van der Waals surface area contributed by atoms with Gasteiger partial charge >= 0.3 is 11.9 Å². The predicted molar refractivity (Wildman–Crippen MR) is 78.7 cm³/mol. The number of amidine groups is 1. The summed E-state index contributed by atoms with van der Waals surface area (Å²) in [6.45, 7) is 3.67. The molecule has 1 atom stereocenters. The van der Waals surface area contributed by atoms with E-state index in [1.807, 2.05) is 6.92 Å². The van der Waals surface area contributed by atoms with Crippen molar-refractivity contribution < 1.29 is 23.7 Å². The summed E-state index contributed by atoms with van der Waals surface area (Å²) in [7, 11) is 2.97. The van der Waals surface area contributed by atoms with Gasteiger partial charge in [-0.15, -0.1) is 4.99 Å². The van der Waals surface area contributed by atoms with Crippen LogP contribution in [0.1, 0.15) is 13.8 Å². The Labute approximate surface area is 128 Å². The molecule has 118 valence electrons. The van der Waals surface area contributed by atoms with Gasteiger partial charge in [0, 0.05) is 12.6 Å². The molecule has 0 bridgehead atoms. The molecule has 2 aliphatic heterocycles. The third-order valence-corrected chi connectivity index (χ3v) is 3.55. The van der Waals surface area contributed by atoms with Crippen LogP contribution >= 0.6 is 0 Å². The number of nitrogens with zero attached hydrogens (tertiary/aromatic N) is 3. The molecule has 2 heterocycles. The van der Waals surface area contributed by atoms with E-state index in [4.69, 9.17) is 4.74 Å². The monoisotopic (exact) mass is 307 g/mol. The number of carbonyl (C=O) groups excluding carboxylic acids is 3. The van der Waals surface area contributed by atoms with Gasteiger partial charge in [-0.2, -0.15) is 9.48 Å². The van der Waals surface area contributed by atoms with Gasteiger partial charge in [0.05, 0.1) is 13.7 Å². The SMILES string of the molecule is CCOC1=C(C)C=NC2=[N+](C)C(=O)N(CC(=O)NC)C(=O)C12. The summed E-state index contributed by atoms with van der Waals surface area (Å²) < 4.78 is 6.85. The van der Waals surface area contributed by atoms with E-state index in [1.165, 1.54) is 18.7 Å². The van der Waals surface area contributed by atoms with Gasteiger partial charge in [0.25, 0.3) is 11.7 Å². The number of amides is 4. The van der Waals surface area contributed by atoms with Crippen LogP contribution < -0.4 is 5.32 Å². The molecule has 2 aliphatic rings. The molecule has 0 aromatic rings. The van der Waals surface area contributed by atoms with Crippen molar-refractivity contribution in [2.24, 2.45) is 10.9 Å². The second-order valence-corrected chi connectivity index (χ2v) is 4.97. The van der Waals surface area contributed by atoms with Crippen molar-refractivity contribution >= 4 is 29.9 Å². The molecule has 8 nitrogen and oxygen atoms in total. The topological polar surface area (TPSA) is 91.1 Å². The molecule has 2 rings (SSSR count). The molecule has 0 saturated heterocycles. The van der Waals surface area contributed by atoms with Gasteiger partial charge in [-0.1, -0.05) is 0 Å². The van der Waals surface area contributed by atoms with E-state index in [9.17, 15) is 14.4 Å². The van der Waals surface area contributed by atoms with Crippen molar-refractivity contribution in [1.82, 2.24) is 10.2 Å². The maximum Gasteiger partial charge on any atom is 0.446 e. The normalized spacial score (nSPS) is 21.3. The predicted octanol–water partition coefficient (Wildman–Crippen LogP) is -0.253. The maximum atomic E-state index is 12.7.